The molecule has 0 saturated carbocycles. The van der Waals surface area contributed by atoms with Gasteiger partial charge in [0.2, 0.25) is 0 Å². The van der Waals surface area contributed by atoms with Crippen molar-refractivity contribution in [3.8, 4) is 0 Å². The molecule has 1 aliphatic heterocycles. The van der Waals surface area contributed by atoms with Crippen molar-refractivity contribution in [1.29, 1.82) is 0 Å². The van der Waals surface area contributed by atoms with Crippen LogP contribution in [0.4, 0.5) is 0 Å². The van der Waals surface area contributed by atoms with E-state index in [1.165, 1.54) is 32.4 Å². The van der Waals surface area contributed by atoms with E-state index in [4.69, 9.17) is 4.74 Å². The van der Waals surface area contributed by atoms with Gasteiger partial charge in [-0.05, 0) is 32.7 Å². The quantitative estimate of drug-likeness (QED) is 0.706. The first kappa shape index (κ1) is 14.9. The molecule has 1 saturated heterocycles. The van der Waals surface area contributed by atoms with Gasteiger partial charge in [0.25, 0.3) is 0 Å². The van der Waals surface area contributed by atoms with Crippen molar-refractivity contribution in [2.24, 2.45) is 0 Å². The van der Waals surface area contributed by atoms with Gasteiger partial charge < -0.3 is 10.1 Å². The molecule has 1 N–H and O–H groups in total. The summed E-state index contributed by atoms with van der Waals surface area (Å²) in [7, 11) is 1.82. The van der Waals surface area contributed by atoms with Crippen LogP contribution in [0.1, 0.15) is 46.5 Å². The van der Waals surface area contributed by atoms with Crippen molar-refractivity contribution in [2.75, 3.05) is 26.7 Å². The Hall–Kier alpha value is -0.120. The molecule has 102 valence electrons. The molecule has 0 amide bonds. The number of hydrogen-bond donors (Lipinski definition) is 1. The molecule has 0 aromatic carbocycles. The van der Waals surface area contributed by atoms with E-state index in [0.717, 1.165) is 13.0 Å². The molecule has 1 aliphatic rings. The average Bonchev–Trinajstić information content (AvgIpc) is 2.81. The molecule has 17 heavy (non-hydrogen) atoms. The molecule has 3 unspecified atom stereocenters. The van der Waals surface area contributed by atoms with Crippen LogP contribution in [-0.4, -0.2) is 49.8 Å². The van der Waals surface area contributed by atoms with E-state index in [2.05, 4.69) is 31.0 Å². The second-order valence-electron chi connectivity index (χ2n) is 5.30. The normalized spacial score (nSPS) is 26.6. The first-order chi connectivity index (χ1) is 8.21. The van der Waals surface area contributed by atoms with Crippen molar-refractivity contribution in [2.45, 2.75) is 64.6 Å². The van der Waals surface area contributed by atoms with Crippen LogP contribution in [0.3, 0.4) is 0 Å². The van der Waals surface area contributed by atoms with Crippen molar-refractivity contribution < 1.29 is 4.74 Å². The van der Waals surface area contributed by atoms with Crippen LogP contribution in [-0.2, 0) is 4.74 Å². The third-order valence-electron chi connectivity index (χ3n) is 3.98. The molecule has 0 spiro atoms. The molecule has 3 nitrogen and oxygen atoms in total. The standard InChI is InChI=1S/C14H30N2O/c1-5-7-8-16(12(3)6-2)11-13-9-14(17-4)10-15-13/h12-15H,5-11H2,1-4H3. The van der Waals surface area contributed by atoms with Gasteiger partial charge in [0.15, 0.2) is 0 Å². The summed E-state index contributed by atoms with van der Waals surface area (Å²) in [4.78, 5) is 2.64. The highest BCUT2D eigenvalue weighted by atomic mass is 16.5. The largest absolute Gasteiger partial charge is 0.380 e. The SMILES string of the molecule is CCCCN(CC1CC(OC)CN1)C(C)CC. The lowest BCUT2D eigenvalue weighted by Gasteiger charge is -2.30. The maximum absolute atomic E-state index is 5.41. The number of unbranched alkanes of at least 4 members (excludes halogenated alkanes) is 1. The van der Waals surface area contributed by atoms with Gasteiger partial charge in [-0.1, -0.05) is 20.3 Å². The van der Waals surface area contributed by atoms with E-state index in [1.807, 2.05) is 7.11 Å². The Kier molecular flexibility index (Phi) is 7.09. The summed E-state index contributed by atoms with van der Waals surface area (Å²) >= 11 is 0. The molecular formula is C14H30N2O. The van der Waals surface area contributed by atoms with E-state index in [9.17, 15) is 0 Å². The van der Waals surface area contributed by atoms with E-state index >= 15 is 0 Å². The molecule has 0 aromatic rings. The van der Waals surface area contributed by atoms with Crippen LogP contribution in [0, 0.1) is 0 Å². The summed E-state index contributed by atoms with van der Waals surface area (Å²) in [6, 6.07) is 1.32. The highest BCUT2D eigenvalue weighted by Crippen LogP contribution is 2.14. The van der Waals surface area contributed by atoms with Crippen LogP contribution in [0.15, 0.2) is 0 Å². The van der Waals surface area contributed by atoms with E-state index in [-0.39, 0.29) is 0 Å². The Labute approximate surface area is 107 Å². The number of nitrogens with one attached hydrogen (secondary N) is 1. The molecular weight excluding hydrogens is 212 g/mol. The minimum Gasteiger partial charge on any atom is -0.380 e. The second kappa shape index (κ2) is 8.06. The highest BCUT2D eigenvalue weighted by molar-refractivity contribution is 4.85. The Morgan fingerprint density at radius 2 is 2.18 bits per heavy atom. The van der Waals surface area contributed by atoms with Crippen LogP contribution in [0.5, 0.6) is 0 Å². The Bertz CT molecular complexity index is 199. The predicted molar refractivity (Wildman–Crippen MR) is 73.4 cm³/mol. The van der Waals surface area contributed by atoms with Gasteiger partial charge in [-0.25, -0.2) is 0 Å². The number of methoxy groups -OCH3 is 1. The number of nitrogens with zero attached hydrogens (tertiary/aromatic N) is 1. The van der Waals surface area contributed by atoms with Gasteiger partial charge >= 0.3 is 0 Å². The molecule has 1 heterocycles. The molecule has 1 fully saturated rings. The smallest absolute Gasteiger partial charge is 0.0711 e. The van der Waals surface area contributed by atoms with Gasteiger partial charge in [0, 0.05) is 32.3 Å². The van der Waals surface area contributed by atoms with Crippen LogP contribution in [0.2, 0.25) is 0 Å². The zero-order valence-corrected chi connectivity index (χ0v) is 12.0. The Morgan fingerprint density at radius 3 is 2.71 bits per heavy atom. The zero-order valence-electron chi connectivity index (χ0n) is 12.0. The van der Waals surface area contributed by atoms with Crippen LogP contribution < -0.4 is 5.32 Å². The fourth-order valence-electron chi connectivity index (χ4n) is 2.49. The van der Waals surface area contributed by atoms with Gasteiger partial charge in [0.05, 0.1) is 6.10 Å². The molecule has 0 bridgehead atoms. The number of rotatable bonds is 8. The summed E-state index contributed by atoms with van der Waals surface area (Å²) in [6.45, 7) is 10.3. The molecule has 0 aromatic heterocycles. The van der Waals surface area contributed by atoms with Crippen LogP contribution >= 0.6 is 0 Å². The van der Waals surface area contributed by atoms with Gasteiger partial charge in [0.1, 0.15) is 0 Å². The van der Waals surface area contributed by atoms with Gasteiger partial charge in [-0.2, -0.15) is 0 Å². The van der Waals surface area contributed by atoms with E-state index in [1.54, 1.807) is 0 Å². The van der Waals surface area contributed by atoms with Gasteiger partial charge in [-0.15, -0.1) is 0 Å². The molecule has 3 atom stereocenters. The predicted octanol–water partition coefficient (Wildman–Crippen LogP) is 2.26. The number of ether oxygens (including phenoxy) is 1. The first-order valence-corrected chi connectivity index (χ1v) is 7.21. The molecule has 0 radical (unpaired) electrons. The molecule has 3 heteroatoms. The van der Waals surface area contributed by atoms with Crippen molar-refractivity contribution in [3.63, 3.8) is 0 Å². The fraction of sp³-hybridized carbons (Fsp3) is 1.00. The average molecular weight is 242 g/mol. The maximum atomic E-state index is 5.41. The zero-order chi connectivity index (χ0) is 12.7. The third-order valence-corrected chi connectivity index (χ3v) is 3.98. The minimum absolute atomic E-state index is 0.421. The second-order valence-corrected chi connectivity index (χ2v) is 5.30. The monoisotopic (exact) mass is 242 g/mol. The van der Waals surface area contributed by atoms with Crippen molar-refractivity contribution in [3.05, 3.63) is 0 Å². The maximum Gasteiger partial charge on any atom is 0.0711 e. The number of hydrogen-bond acceptors (Lipinski definition) is 3. The van der Waals surface area contributed by atoms with E-state index in [0.29, 0.717) is 18.2 Å². The van der Waals surface area contributed by atoms with Crippen molar-refractivity contribution in [1.82, 2.24) is 10.2 Å². The first-order valence-electron chi connectivity index (χ1n) is 7.21. The third kappa shape index (κ3) is 4.94. The lowest BCUT2D eigenvalue weighted by atomic mass is 10.1. The summed E-state index contributed by atoms with van der Waals surface area (Å²) in [5, 5.41) is 3.58. The summed E-state index contributed by atoms with van der Waals surface area (Å²) in [6.07, 6.45) is 5.42. The molecule has 0 aliphatic carbocycles. The Balaban J connectivity index is 2.37. The van der Waals surface area contributed by atoms with Crippen LogP contribution in [0.25, 0.3) is 0 Å². The Morgan fingerprint density at radius 1 is 1.41 bits per heavy atom. The summed E-state index contributed by atoms with van der Waals surface area (Å²) in [5.41, 5.74) is 0. The van der Waals surface area contributed by atoms with E-state index < -0.39 is 0 Å². The molecule has 1 rings (SSSR count). The fourth-order valence-corrected chi connectivity index (χ4v) is 2.49. The minimum atomic E-state index is 0.421. The van der Waals surface area contributed by atoms with Gasteiger partial charge in [-0.3, -0.25) is 4.90 Å². The highest BCUT2D eigenvalue weighted by Gasteiger charge is 2.26. The topological polar surface area (TPSA) is 24.5 Å². The summed E-state index contributed by atoms with van der Waals surface area (Å²) < 4.78 is 5.41. The lowest BCUT2D eigenvalue weighted by molar-refractivity contribution is 0.113. The lowest BCUT2D eigenvalue weighted by Crippen LogP contribution is -2.42. The summed E-state index contributed by atoms with van der Waals surface area (Å²) in [5.74, 6) is 0. The van der Waals surface area contributed by atoms with Crippen molar-refractivity contribution >= 4 is 0 Å².